The number of likely N-dealkylation sites (tertiary alicyclic amines) is 1. The Labute approximate surface area is 152 Å². The van der Waals surface area contributed by atoms with E-state index in [1.165, 1.54) is 0 Å². The molecule has 1 aromatic carbocycles. The van der Waals surface area contributed by atoms with Crippen LogP contribution in [-0.4, -0.2) is 34.3 Å². The molecule has 0 aromatic heterocycles. The van der Waals surface area contributed by atoms with Gasteiger partial charge in [0.05, 0.1) is 6.10 Å². The molecule has 0 saturated carbocycles. The first-order valence-corrected chi connectivity index (χ1v) is 9.45. The second kappa shape index (κ2) is 8.22. The second-order valence-electron chi connectivity index (χ2n) is 8.25. The highest BCUT2D eigenvalue weighted by molar-refractivity contribution is 5.68. The van der Waals surface area contributed by atoms with Gasteiger partial charge in [-0.15, -0.1) is 0 Å². The van der Waals surface area contributed by atoms with Crippen molar-refractivity contribution in [3.05, 3.63) is 35.9 Å². The van der Waals surface area contributed by atoms with Gasteiger partial charge in [-0.25, -0.2) is 4.79 Å². The van der Waals surface area contributed by atoms with Crippen LogP contribution in [0.25, 0.3) is 0 Å². The summed E-state index contributed by atoms with van der Waals surface area (Å²) in [7, 11) is 0. The first kappa shape index (κ1) is 19.8. The topological polar surface area (TPSA) is 49.8 Å². The molecule has 25 heavy (non-hydrogen) atoms. The molecule has 0 spiro atoms. The number of ether oxygens (including phenoxy) is 1. The summed E-state index contributed by atoms with van der Waals surface area (Å²) in [4.78, 5) is 14.5. The van der Waals surface area contributed by atoms with Crippen molar-refractivity contribution in [2.75, 3.05) is 6.54 Å². The van der Waals surface area contributed by atoms with Crippen LogP contribution in [0.5, 0.6) is 0 Å². The molecular weight excluding hydrogens is 314 g/mol. The van der Waals surface area contributed by atoms with Gasteiger partial charge in [-0.05, 0) is 45.1 Å². The zero-order valence-electron chi connectivity index (χ0n) is 16.2. The second-order valence-corrected chi connectivity index (χ2v) is 8.25. The SMILES string of the molecule is CCC1CCN(C(=O)OC(C)(C)C)C(C(C)C(O)c2ccccc2)C1. The maximum absolute atomic E-state index is 12.7. The minimum absolute atomic E-state index is 0.0104. The molecule has 1 N–H and O–H groups in total. The molecule has 140 valence electrons. The Morgan fingerprint density at radius 1 is 1.32 bits per heavy atom. The quantitative estimate of drug-likeness (QED) is 0.852. The third kappa shape index (κ3) is 5.21. The summed E-state index contributed by atoms with van der Waals surface area (Å²) in [5, 5.41) is 10.9. The number of carbonyl (C=O) groups is 1. The molecule has 0 bridgehead atoms. The molecule has 1 saturated heterocycles. The van der Waals surface area contributed by atoms with Crippen molar-refractivity contribution in [2.45, 2.75) is 71.6 Å². The average molecular weight is 347 g/mol. The monoisotopic (exact) mass is 347 g/mol. The fourth-order valence-corrected chi connectivity index (χ4v) is 3.65. The first-order chi connectivity index (χ1) is 11.7. The third-order valence-corrected chi connectivity index (χ3v) is 5.20. The minimum Gasteiger partial charge on any atom is -0.444 e. The number of rotatable bonds is 4. The van der Waals surface area contributed by atoms with E-state index in [0.29, 0.717) is 12.5 Å². The molecule has 4 atom stereocenters. The molecular formula is C21H33NO3. The van der Waals surface area contributed by atoms with Crippen LogP contribution in [0, 0.1) is 11.8 Å². The summed E-state index contributed by atoms with van der Waals surface area (Å²) < 4.78 is 5.62. The number of hydrogen-bond acceptors (Lipinski definition) is 3. The van der Waals surface area contributed by atoms with Gasteiger partial charge >= 0.3 is 6.09 Å². The van der Waals surface area contributed by atoms with Crippen LogP contribution in [0.3, 0.4) is 0 Å². The number of amides is 1. The molecule has 1 heterocycles. The standard InChI is InChI=1S/C21H33NO3/c1-6-16-12-13-22(20(24)25-21(3,4)5)18(14-16)15(2)19(23)17-10-8-7-9-11-17/h7-11,15-16,18-19,23H,6,12-14H2,1-5H3. The van der Waals surface area contributed by atoms with E-state index in [-0.39, 0.29) is 18.1 Å². The summed E-state index contributed by atoms with van der Waals surface area (Å²) in [5.74, 6) is 0.540. The average Bonchev–Trinajstić information content (AvgIpc) is 2.59. The Kier molecular flexibility index (Phi) is 6.50. The van der Waals surface area contributed by atoms with Gasteiger partial charge in [0, 0.05) is 18.5 Å². The first-order valence-electron chi connectivity index (χ1n) is 9.45. The van der Waals surface area contributed by atoms with Crippen LogP contribution in [0.15, 0.2) is 30.3 Å². The molecule has 4 unspecified atom stereocenters. The highest BCUT2D eigenvalue weighted by atomic mass is 16.6. The van der Waals surface area contributed by atoms with Crippen LogP contribution < -0.4 is 0 Å². The van der Waals surface area contributed by atoms with E-state index in [2.05, 4.69) is 6.92 Å². The van der Waals surface area contributed by atoms with Crippen LogP contribution in [0.4, 0.5) is 4.79 Å². The van der Waals surface area contributed by atoms with Gasteiger partial charge in [0.2, 0.25) is 0 Å². The molecule has 1 amide bonds. The van der Waals surface area contributed by atoms with Crippen molar-refractivity contribution in [3.63, 3.8) is 0 Å². The Balaban J connectivity index is 2.19. The van der Waals surface area contributed by atoms with E-state index < -0.39 is 11.7 Å². The van der Waals surface area contributed by atoms with Gasteiger partial charge in [-0.3, -0.25) is 0 Å². The minimum atomic E-state index is -0.591. The van der Waals surface area contributed by atoms with Crippen molar-refractivity contribution in [1.29, 1.82) is 0 Å². The molecule has 1 aliphatic rings. The molecule has 0 aliphatic carbocycles. The molecule has 0 radical (unpaired) electrons. The fraction of sp³-hybridized carbons (Fsp3) is 0.667. The number of aliphatic hydroxyl groups is 1. The van der Waals surface area contributed by atoms with E-state index in [1.54, 1.807) is 0 Å². The highest BCUT2D eigenvalue weighted by Gasteiger charge is 2.39. The number of piperidine rings is 1. The van der Waals surface area contributed by atoms with Crippen molar-refractivity contribution >= 4 is 6.09 Å². The number of aliphatic hydroxyl groups excluding tert-OH is 1. The Morgan fingerprint density at radius 2 is 1.96 bits per heavy atom. The molecule has 2 rings (SSSR count). The van der Waals surface area contributed by atoms with Gasteiger partial charge in [-0.2, -0.15) is 0 Å². The molecule has 4 nitrogen and oxygen atoms in total. The summed E-state index contributed by atoms with van der Waals surface area (Å²) >= 11 is 0. The Hall–Kier alpha value is -1.55. The molecule has 1 aromatic rings. The van der Waals surface area contributed by atoms with Crippen LogP contribution >= 0.6 is 0 Å². The van der Waals surface area contributed by atoms with Gasteiger partial charge < -0.3 is 14.7 Å². The Bertz CT molecular complexity index is 552. The molecule has 4 heteroatoms. The van der Waals surface area contributed by atoms with Crippen molar-refractivity contribution in [3.8, 4) is 0 Å². The Morgan fingerprint density at radius 3 is 2.52 bits per heavy atom. The number of hydrogen-bond donors (Lipinski definition) is 1. The van der Waals surface area contributed by atoms with Gasteiger partial charge in [0.15, 0.2) is 0 Å². The summed E-state index contributed by atoms with van der Waals surface area (Å²) in [6.07, 6.45) is 2.17. The smallest absolute Gasteiger partial charge is 0.410 e. The largest absolute Gasteiger partial charge is 0.444 e. The lowest BCUT2D eigenvalue weighted by Crippen LogP contribution is -2.51. The predicted molar refractivity (Wildman–Crippen MR) is 100 cm³/mol. The molecule has 1 aliphatic heterocycles. The summed E-state index contributed by atoms with van der Waals surface area (Å²) in [6.45, 7) is 10.6. The zero-order valence-corrected chi connectivity index (χ0v) is 16.2. The fourth-order valence-electron chi connectivity index (χ4n) is 3.65. The lowest BCUT2D eigenvalue weighted by molar-refractivity contribution is -0.0216. The predicted octanol–water partition coefficient (Wildman–Crippen LogP) is 4.78. The van der Waals surface area contributed by atoms with E-state index in [4.69, 9.17) is 4.74 Å². The van der Waals surface area contributed by atoms with Crippen molar-refractivity contribution in [1.82, 2.24) is 4.90 Å². The van der Waals surface area contributed by atoms with Gasteiger partial charge in [-0.1, -0.05) is 50.6 Å². The zero-order chi connectivity index (χ0) is 18.6. The van der Waals surface area contributed by atoms with E-state index in [0.717, 1.165) is 24.8 Å². The lowest BCUT2D eigenvalue weighted by Gasteiger charge is -2.43. The summed E-state index contributed by atoms with van der Waals surface area (Å²) in [5.41, 5.74) is 0.391. The van der Waals surface area contributed by atoms with Crippen LogP contribution in [0.1, 0.15) is 65.5 Å². The van der Waals surface area contributed by atoms with E-state index in [1.807, 2.05) is 62.9 Å². The van der Waals surface area contributed by atoms with Crippen LogP contribution in [-0.2, 0) is 4.74 Å². The number of benzene rings is 1. The van der Waals surface area contributed by atoms with Crippen LogP contribution in [0.2, 0.25) is 0 Å². The van der Waals surface area contributed by atoms with E-state index >= 15 is 0 Å². The maximum Gasteiger partial charge on any atom is 0.410 e. The number of carbonyl (C=O) groups excluding carboxylic acids is 1. The number of nitrogens with zero attached hydrogens (tertiary/aromatic N) is 1. The lowest BCUT2D eigenvalue weighted by atomic mass is 9.80. The normalized spacial score (nSPS) is 23.8. The summed E-state index contributed by atoms with van der Waals surface area (Å²) in [6, 6.07) is 9.70. The van der Waals surface area contributed by atoms with Gasteiger partial charge in [0.1, 0.15) is 5.60 Å². The third-order valence-electron chi connectivity index (χ3n) is 5.20. The van der Waals surface area contributed by atoms with Crippen molar-refractivity contribution < 1.29 is 14.6 Å². The van der Waals surface area contributed by atoms with Crippen molar-refractivity contribution in [2.24, 2.45) is 11.8 Å². The maximum atomic E-state index is 12.7. The van der Waals surface area contributed by atoms with E-state index in [9.17, 15) is 9.90 Å². The molecule has 1 fully saturated rings. The highest BCUT2D eigenvalue weighted by Crippen LogP contribution is 2.36. The van der Waals surface area contributed by atoms with Gasteiger partial charge in [0.25, 0.3) is 0 Å².